The Balaban J connectivity index is 1.73. The molecule has 3 heteroatoms. The van der Waals surface area contributed by atoms with Crippen LogP contribution in [-0.4, -0.2) is 21.9 Å². The average molecular weight is 264 g/mol. The van der Waals surface area contributed by atoms with E-state index in [-0.39, 0.29) is 11.5 Å². The molecular weight excluding hydrogens is 244 g/mol. The molecule has 1 aliphatic carbocycles. The highest BCUT2D eigenvalue weighted by Crippen LogP contribution is 2.28. The highest BCUT2D eigenvalue weighted by atomic mass is 32.2. The quantitative estimate of drug-likeness (QED) is 0.883. The second-order valence-corrected chi connectivity index (χ2v) is 6.24. The van der Waals surface area contributed by atoms with Crippen molar-refractivity contribution >= 4 is 17.5 Å². The van der Waals surface area contributed by atoms with Crippen molar-refractivity contribution in [1.29, 1.82) is 0 Å². The van der Waals surface area contributed by atoms with Crippen molar-refractivity contribution in [1.82, 2.24) is 0 Å². The third kappa shape index (κ3) is 4.37. The molecule has 2 nitrogen and oxygen atoms in total. The van der Waals surface area contributed by atoms with Crippen LogP contribution >= 0.6 is 11.8 Å². The van der Waals surface area contributed by atoms with E-state index in [0.29, 0.717) is 17.4 Å². The largest absolute Gasteiger partial charge is 0.508 e. The van der Waals surface area contributed by atoms with Gasteiger partial charge in [-0.15, -0.1) is 0 Å². The van der Waals surface area contributed by atoms with E-state index in [1.54, 1.807) is 12.1 Å². The van der Waals surface area contributed by atoms with E-state index in [1.165, 1.54) is 32.1 Å². The van der Waals surface area contributed by atoms with Crippen LogP contribution in [0, 0.1) is 0 Å². The summed E-state index contributed by atoms with van der Waals surface area (Å²) in [6.45, 7) is 0. The number of aromatic hydroxyl groups is 1. The van der Waals surface area contributed by atoms with E-state index >= 15 is 0 Å². The Kier molecular flexibility index (Phi) is 5.12. The number of hydrogen-bond acceptors (Lipinski definition) is 3. The van der Waals surface area contributed by atoms with Crippen LogP contribution in [0.1, 0.15) is 37.7 Å². The molecule has 0 spiro atoms. The maximum atomic E-state index is 11.9. The average Bonchev–Trinajstić information content (AvgIpc) is 2.40. The molecule has 0 aliphatic heterocycles. The molecule has 1 N–H and O–H groups in total. The summed E-state index contributed by atoms with van der Waals surface area (Å²) < 4.78 is 0. The van der Waals surface area contributed by atoms with Crippen LogP contribution in [0.2, 0.25) is 0 Å². The lowest BCUT2D eigenvalue weighted by Crippen LogP contribution is -2.13. The Hall–Kier alpha value is -0.960. The molecule has 1 aromatic rings. The number of ketones is 1. The first-order chi connectivity index (χ1) is 8.74. The van der Waals surface area contributed by atoms with Gasteiger partial charge in [0.15, 0.2) is 0 Å². The van der Waals surface area contributed by atoms with Gasteiger partial charge in [0.2, 0.25) is 0 Å². The van der Waals surface area contributed by atoms with Gasteiger partial charge in [-0.1, -0.05) is 31.4 Å². The maximum absolute atomic E-state index is 11.9. The molecular formula is C15H20O2S. The van der Waals surface area contributed by atoms with Crippen molar-refractivity contribution in [3.05, 3.63) is 29.8 Å². The third-order valence-corrected chi connectivity index (χ3v) is 4.80. The molecule has 0 saturated heterocycles. The fraction of sp³-hybridized carbons (Fsp3) is 0.533. The number of Topliss-reactive ketones (excluding diaryl/α,β-unsaturated/α-hetero) is 1. The highest BCUT2D eigenvalue weighted by Gasteiger charge is 2.15. The summed E-state index contributed by atoms with van der Waals surface area (Å²) in [6.07, 6.45) is 7.04. The predicted octanol–water partition coefficient (Wildman–Crippen LogP) is 3.57. The maximum Gasteiger partial charge on any atom is 0.147 e. The topological polar surface area (TPSA) is 37.3 Å². The molecule has 0 amide bonds. The molecule has 18 heavy (non-hydrogen) atoms. The van der Waals surface area contributed by atoms with Crippen molar-refractivity contribution in [2.75, 3.05) is 5.75 Å². The first kappa shape index (κ1) is 13.5. The Bertz CT molecular complexity index is 380. The standard InChI is InChI=1S/C15H20O2S/c16-13-8-6-12(7-9-13)10-14(17)11-18-15-4-2-1-3-5-15/h6-9,15-16H,1-5,10-11H2. The molecule has 2 rings (SSSR count). The summed E-state index contributed by atoms with van der Waals surface area (Å²) in [6, 6.07) is 6.91. The highest BCUT2D eigenvalue weighted by molar-refractivity contribution is 8.00. The number of thioether (sulfide) groups is 1. The Morgan fingerprint density at radius 2 is 1.83 bits per heavy atom. The zero-order valence-corrected chi connectivity index (χ0v) is 11.4. The van der Waals surface area contributed by atoms with Crippen molar-refractivity contribution in [3.63, 3.8) is 0 Å². The van der Waals surface area contributed by atoms with Crippen molar-refractivity contribution in [2.24, 2.45) is 0 Å². The summed E-state index contributed by atoms with van der Waals surface area (Å²) in [5.41, 5.74) is 0.988. The summed E-state index contributed by atoms with van der Waals surface area (Å²) in [7, 11) is 0. The van der Waals surface area contributed by atoms with Gasteiger partial charge in [0, 0.05) is 11.7 Å². The van der Waals surface area contributed by atoms with Gasteiger partial charge in [-0.3, -0.25) is 4.79 Å². The molecule has 0 bridgehead atoms. The minimum Gasteiger partial charge on any atom is -0.508 e. The molecule has 1 saturated carbocycles. The smallest absolute Gasteiger partial charge is 0.147 e. The second-order valence-electron chi connectivity index (χ2n) is 4.95. The fourth-order valence-electron chi connectivity index (χ4n) is 2.34. The Morgan fingerprint density at radius 1 is 1.17 bits per heavy atom. The number of rotatable bonds is 5. The van der Waals surface area contributed by atoms with E-state index in [1.807, 2.05) is 23.9 Å². The summed E-state index contributed by atoms with van der Waals surface area (Å²) in [5, 5.41) is 9.87. The normalized spacial score (nSPS) is 16.7. The molecule has 0 heterocycles. The van der Waals surface area contributed by atoms with Gasteiger partial charge in [-0.2, -0.15) is 11.8 Å². The fourth-order valence-corrected chi connectivity index (χ4v) is 3.53. The van der Waals surface area contributed by atoms with E-state index in [9.17, 15) is 9.90 Å². The van der Waals surface area contributed by atoms with Crippen LogP contribution in [-0.2, 0) is 11.2 Å². The molecule has 1 fully saturated rings. The van der Waals surface area contributed by atoms with Gasteiger partial charge >= 0.3 is 0 Å². The van der Waals surface area contributed by atoms with Gasteiger partial charge in [0.05, 0.1) is 5.75 Å². The minimum absolute atomic E-state index is 0.253. The number of hydrogen-bond donors (Lipinski definition) is 1. The van der Waals surface area contributed by atoms with Crippen LogP contribution in [0.5, 0.6) is 5.75 Å². The SMILES string of the molecule is O=C(CSC1CCCCC1)Cc1ccc(O)cc1. The van der Waals surface area contributed by atoms with E-state index < -0.39 is 0 Å². The number of phenolic OH excluding ortho intramolecular Hbond substituents is 1. The first-order valence-electron chi connectivity index (χ1n) is 6.65. The number of phenols is 1. The van der Waals surface area contributed by atoms with Gasteiger partial charge in [-0.25, -0.2) is 0 Å². The zero-order chi connectivity index (χ0) is 12.8. The van der Waals surface area contributed by atoms with Gasteiger partial charge in [0.1, 0.15) is 11.5 Å². The van der Waals surface area contributed by atoms with Crippen molar-refractivity contribution in [3.8, 4) is 5.75 Å². The number of benzene rings is 1. The molecule has 0 aromatic heterocycles. The second kappa shape index (κ2) is 6.83. The summed E-state index contributed by atoms with van der Waals surface area (Å²) in [4.78, 5) is 11.9. The summed E-state index contributed by atoms with van der Waals surface area (Å²) in [5.74, 6) is 1.17. The zero-order valence-electron chi connectivity index (χ0n) is 10.6. The van der Waals surface area contributed by atoms with Gasteiger partial charge < -0.3 is 5.11 Å². The van der Waals surface area contributed by atoms with Crippen LogP contribution in [0.4, 0.5) is 0 Å². The lowest BCUT2D eigenvalue weighted by atomic mass is 10.0. The molecule has 1 aromatic carbocycles. The first-order valence-corrected chi connectivity index (χ1v) is 7.70. The molecule has 1 aliphatic rings. The van der Waals surface area contributed by atoms with E-state index in [0.717, 1.165) is 5.56 Å². The number of carbonyl (C=O) groups is 1. The molecule has 0 radical (unpaired) electrons. The predicted molar refractivity (Wildman–Crippen MR) is 76.1 cm³/mol. The van der Waals surface area contributed by atoms with Gasteiger partial charge in [0.25, 0.3) is 0 Å². The Morgan fingerprint density at radius 3 is 2.50 bits per heavy atom. The van der Waals surface area contributed by atoms with Crippen LogP contribution in [0.15, 0.2) is 24.3 Å². The lowest BCUT2D eigenvalue weighted by molar-refractivity contribution is -0.116. The van der Waals surface area contributed by atoms with Gasteiger partial charge in [-0.05, 0) is 30.5 Å². The van der Waals surface area contributed by atoms with E-state index in [2.05, 4.69) is 0 Å². The van der Waals surface area contributed by atoms with Crippen LogP contribution < -0.4 is 0 Å². The lowest BCUT2D eigenvalue weighted by Gasteiger charge is -2.20. The summed E-state index contributed by atoms with van der Waals surface area (Å²) >= 11 is 1.83. The molecule has 98 valence electrons. The van der Waals surface area contributed by atoms with Crippen molar-refractivity contribution in [2.45, 2.75) is 43.8 Å². The monoisotopic (exact) mass is 264 g/mol. The Labute approximate surface area is 113 Å². The number of carbonyl (C=O) groups excluding carboxylic acids is 1. The molecule has 0 atom stereocenters. The molecule has 0 unspecified atom stereocenters. The van der Waals surface area contributed by atoms with Crippen LogP contribution in [0.3, 0.4) is 0 Å². The van der Waals surface area contributed by atoms with Crippen LogP contribution in [0.25, 0.3) is 0 Å². The van der Waals surface area contributed by atoms with E-state index in [4.69, 9.17) is 0 Å². The minimum atomic E-state index is 0.253. The third-order valence-electron chi connectivity index (χ3n) is 3.37. The van der Waals surface area contributed by atoms with Crippen molar-refractivity contribution < 1.29 is 9.90 Å².